The molecule has 0 aromatic carbocycles. The van der Waals surface area contributed by atoms with Gasteiger partial charge in [-0.1, -0.05) is 34.6 Å². The lowest BCUT2D eigenvalue weighted by molar-refractivity contribution is 0.437. The predicted molar refractivity (Wildman–Crippen MR) is 67.0 cm³/mol. The maximum absolute atomic E-state index is 10.2. The normalized spacial score (nSPS) is 14.1. The van der Waals surface area contributed by atoms with Gasteiger partial charge < -0.3 is 5.11 Å². The zero-order valence-corrected chi connectivity index (χ0v) is 11.3. The van der Waals surface area contributed by atoms with Gasteiger partial charge in [-0.05, 0) is 19.8 Å². The summed E-state index contributed by atoms with van der Waals surface area (Å²) < 4.78 is 1.98. The molecule has 3 heteroatoms. The van der Waals surface area contributed by atoms with Crippen LogP contribution in [0.4, 0.5) is 0 Å². The molecule has 0 saturated carbocycles. The van der Waals surface area contributed by atoms with Crippen molar-refractivity contribution < 1.29 is 5.11 Å². The van der Waals surface area contributed by atoms with Gasteiger partial charge in [0.05, 0.1) is 5.69 Å². The van der Waals surface area contributed by atoms with Crippen molar-refractivity contribution in [2.24, 2.45) is 0 Å². The lowest BCUT2D eigenvalue weighted by atomic mass is 9.91. The molecule has 1 rings (SSSR count). The second-order valence-corrected chi connectivity index (χ2v) is 5.45. The summed E-state index contributed by atoms with van der Waals surface area (Å²) >= 11 is 0. The van der Waals surface area contributed by atoms with Crippen molar-refractivity contribution in [3.05, 3.63) is 11.4 Å². The number of hydrogen-bond acceptors (Lipinski definition) is 2. The number of rotatable bonds is 3. The summed E-state index contributed by atoms with van der Waals surface area (Å²) in [5.41, 5.74) is 1.66. The van der Waals surface area contributed by atoms with Crippen LogP contribution in [0.3, 0.4) is 0 Å². The van der Waals surface area contributed by atoms with Crippen molar-refractivity contribution in [3.63, 3.8) is 0 Å². The van der Waals surface area contributed by atoms with E-state index in [1.165, 1.54) is 0 Å². The Morgan fingerprint density at radius 1 is 1.31 bits per heavy atom. The average molecular weight is 224 g/mol. The highest BCUT2D eigenvalue weighted by Gasteiger charge is 2.26. The molecular formula is C13H24N2O. The summed E-state index contributed by atoms with van der Waals surface area (Å²) in [5.74, 6) is 0.385. The summed E-state index contributed by atoms with van der Waals surface area (Å²) in [6.45, 7) is 12.6. The highest BCUT2D eigenvalue weighted by atomic mass is 16.3. The van der Waals surface area contributed by atoms with Gasteiger partial charge in [-0.2, -0.15) is 5.10 Å². The van der Waals surface area contributed by atoms with Gasteiger partial charge in [-0.15, -0.1) is 0 Å². The number of hydrogen-bond donors (Lipinski definition) is 1. The van der Waals surface area contributed by atoms with Crippen LogP contribution in [0.5, 0.6) is 5.75 Å². The van der Waals surface area contributed by atoms with Gasteiger partial charge in [0.25, 0.3) is 0 Å². The lowest BCUT2D eigenvalue weighted by Gasteiger charge is -2.15. The van der Waals surface area contributed by atoms with E-state index in [0.717, 1.165) is 24.2 Å². The van der Waals surface area contributed by atoms with Crippen molar-refractivity contribution >= 4 is 0 Å². The molecule has 92 valence electrons. The van der Waals surface area contributed by atoms with Crippen LogP contribution in [0.15, 0.2) is 0 Å². The van der Waals surface area contributed by atoms with E-state index in [0.29, 0.717) is 11.8 Å². The van der Waals surface area contributed by atoms with Crippen LogP contribution in [0.25, 0.3) is 0 Å². The number of aromatic nitrogens is 2. The van der Waals surface area contributed by atoms with Crippen molar-refractivity contribution in [3.8, 4) is 5.75 Å². The summed E-state index contributed by atoms with van der Waals surface area (Å²) in [6.07, 6.45) is 1.84. The largest absolute Gasteiger partial charge is 0.504 e. The third-order valence-electron chi connectivity index (χ3n) is 3.04. The van der Waals surface area contributed by atoms with E-state index in [-0.39, 0.29) is 5.41 Å². The number of aromatic hydroxyl groups is 1. The molecule has 0 radical (unpaired) electrons. The minimum atomic E-state index is -0.104. The van der Waals surface area contributed by atoms with Gasteiger partial charge >= 0.3 is 0 Å². The molecule has 0 bridgehead atoms. The lowest BCUT2D eigenvalue weighted by Crippen LogP contribution is -2.14. The Labute approximate surface area is 98.5 Å². The van der Waals surface area contributed by atoms with E-state index in [4.69, 9.17) is 0 Å². The Hall–Kier alpha value is -0.990. The molecule has 1 heterocycles. The Balaban J connectivity index is 3.31. The number of nitrogens with zero attached hydrogens (tertiary/aromatic N) is 2. The first kappa shape index (κ1) is 13.1. The molecule has 0 aliphatic rings. The fraction of sp³-hybridized carbons (Fsp3) is 0.769. The molecule has 1 atom stereocenters. The minimum Gasteiger partial charge on any atom is -0.504 e. The monoisotopic (exact) mass is 224 g/mol. The molecule has 1 aromatic heterocycles. The second kappa shape index (κ2) is 4.48. The molecule has 1 N–H and O–H groups in total. The molecule has 16 heavy (non-hydrogen) atoms. The van der Waals surface area contributed by atoms with E-state index in [1.807, 2.05) is 4.68 Å². The molecule has 0 aliphatic carbocycles. The first-order valence-electron chi connectivity index (χ1n) is 6.13. The Morgan fingerprint density at radius 3 is 2.25 bits per heavy atom. The van der Waals surface area contributed by atoms with E-state index in [1.54, 1.807) is 0 Å². The third-order valence-corrected chi connectivity index (χ3v) is 3.04. The zero-order valence-electron chi connectivity index (χ0n) is 11.3. The van der Waals surface area contributed by atoms with Crippen LogP contribution in [-0.4, -0.2) is 14.9 Å². The fourth-order valence-electron chi connectivity index (χ4n) is 1.83. The molecule has 0 spiro atoms. The molecule has 0 fully saturated rings. The highest BCUT2D eigenvalue weighted by Crippen LogP contribution is 2.34. The minimum absolute atomic E-state index is 0.104. The van der Waals surface area contributed by atoms with Gasteiger partial charge in [-0.25, -0.2) is 0 Å². The fourth-order valence-corrected chi connectivity index (χ4v) is 1.83. The van der Waals surface area contributed by atoms with Crippen LogP contribution in [0.1, 0.15) is 65.4 Å². The van der Waals surface area contributed by atoms with Gasteiger partial charge in [0.2, 0.25) is 0 Å². The van der Waals surface area contributed by atoms with Gasteiger partial charge in [0.1, 0.15) is 5.69 Å². The van der Waals surface area contributed by atoms with Crippen molar-refractivity contribution in [1.29, 1.82) is 0 Å². The second-order valence-electron chi connectivity index (χ2n) is 5.45. The SMILES string of the molecule is CCc1c(O)c(C(C)(C)C)nn1C(C)CC. The molecule has 3 nitrogen and oxygen atoms in total. The van der Waals surface area contributed by atoms with E-state index < -0.39 is 0 Å². The zero-order chi connectivity index (χ0) is 12.5. The standard InChI is InChI=1S/C13H24N2O/c1-7-9(3)15-10(8-2)11(16)12(14-15)13(4,5)6/h9,16H,7-8H2,1-6H3. The topological polar surface area (TPSA) is 38.1 Å². The molecule has 0 saturated heterocycles. The van der Waals surface area contributed by atoms with Crippen LogP contribution in [0.2, 0.25) is 0 Å². The highest BCUT2D eigenvalue weighted by molar-refractivity contribution is 5.36. The predicted octanol–water partition coefficient (Wildman–Crippen LogP) is 3.42. The third kappa shape index (κ3) is 2.23. The van der Waals surface area contributed by atoms with Gasteiger partial charge in [0.15, 0.2) is 5.75 Å². The Bertz CT molecular complexity index is 361. The Kier molecular flexibility index (Phi) is 3.66. The van der Waals surface area contributed by atoms with Crippen LogP contribution in [0, 0.1) is 0 Å². The van der Waals surface area contributed by atoms with Gasteiger partial charge in [0, 0.05) is 11.5 Å². The molecule has 0 amide bonds. The van der Waals surface area contributed by atoms with Crippen LogP contribution >= 0.6 is 0 Å². The molecule has 1 unspecified atom stereocenters. The molecular weight excluding hydrogens is 200 g/mol. The Morgan fingerprint density at radius 2 is 1.88 bits per heavy atom. The summed E-state index contributed by atoms with van der Waals surface area (Å²) in [6, 6.07) is 0.344. The van der Waals surface area contributed by atoms with Gasteiger partial charge in [-0.3, -0.25) is 4.68 Å². The smallest absolute Gasteiger partial charge is 0.160 e. The summed E-state index contributed by atoms with van der Waals surface area (Å²) in [7, 11) is 0. The maximum Gasteiger partial charge on any atom is 0.160 e. The molecule has 1 aromatic rings. The van der Waals surface area contributed by atoms with E-state index in [9.17, 15) is 5.11 Å². The first-order chi connectivity index (χ1) is 7.32. The van der Waals surface area contributed by atoms with E-state index >= 15 is 0 Å². The molecule has 0 aliphatic heterocycles. The van der Waals surface area contributed by atoms with Crippen LogP contribution in [-0.2, 0) is 11.8 Å². The summed E-state index contributed by atoms with van der Waals surface area (Å²) in [4.78, 5) is 0. The van der Waals surface area contributed by atoms with E-state index in [2.05, 4.69) is 46.6 Å². The quantitative estimate of drug-likeness (QED) is 0.854. The van der Waals surface area contributed by atoms with Crippen molar-refractivity contribution in [2.75, 3.05) is 0 Å². The van der Waals surface area contributed by atoms with Crippen LogP contribution < -0.4 is 0 Å². The first-order valence-corrected chi connectivity index (χ1v) is 6.13. The van der Waals surface area contributed by atoms with Crippen molar-refractivity contribution in [2.45, 2.75) is 65.8 Å². The summed E-state index contributed by atoms with van der Waals surface area (Å²) in [5, 5.41) is 14.8. The average Bonchev–Trinajstić information content (AvgIpc) is 2.53. The van der Waals surface area contributed by atoms with Crippen molar-refractivity contribution in [1.82, 2.24) is 9.78 Å². The maximum atomic E-state index is 10.2.